The molecule has 0 aliphatic rings. The van der Waals surface area contributed by atoms with Crippen LogP contribution in [0.5, 0.6) is 0 Å². The van der Waals surface area contributed by atoms with E-state index in [4.69, 9.17) is 0 Å². The van der Waals surface area contributed by atoms with E-state index in [-0.39, 0.29) is 17.5 Å². The predicted octanol–water partition coefficient (Wildman–Crippen LogP) is 5.71. The van der Waals surface area contributed by atoms with Crippen LogP contribution in [0.25, 0.3) is 6.08 Å². The Morgan fingerprint density at radius 3 is 2.57 bits per heavy atom. The van der Waals surface area contributed by atoms with E-state index in [0.29, 0.717) is 10.8 Å². The van der Waals surface area contributed by atoms with Gasteiger partial charge in [0.05, 0.1) is 11.4 Å². The molecule has 5 nitrogen and oxygen atoms in total. The first-order valence-electron chi connectivity index (χ1n) is 9.00. The quantitative estimate of drug-likeness (QED) is 0.432. The van der Waals surface area contributed by atoms with Crippen LogP contribution >= 0.6 is 27.3 Å². The van der Waals surface area contributed by atoms with E-state index >= 15 is 0 Å². The number of anilines is 3. The van der Waals surface area contributed by atoms with Crippen molar-refractivity contribution in [2.24, 2.45) is 0 Å². The fraction of sp³-hybridized carbons (Fsp3) is 0.136. The molecule has 2 amide bonds. The standard InChI is InChI=1S/C22H19BrFN3O2S/c1-14-12-16(23)8-10-19(14)26(3)21(29)11-9-17-13-30-22(25-17)27(15(2)28)20-7-5-4-6-18(20)24/h4-13H,1-3H3/b11-9+. The highest BCUT2D eigenvalue weighted by molar-refractivity contribution is 9.10. The SMILES string of the molecule is CC(=O)N(c1nc(/C=C/C(=O)N(C)c2ccc(Br)cc2C)cs1)c1ccccc1F. The molecule has 1 aromatic heterocycles. The van der Waals surface area contributed by atoms with Crippen LogP contribution in [0.15, 0.2) is 58.4 Å². The summed E-state index contributed by atoms with van der Waals surface area (Å²) in [4.78, 5) is 31.8. The van der Waals surface area contributed by atoms with Crippen molar-refractivity contribution in [2.75, 3.05) is 16.8 Å². The zero-order chi connectivity index (χ0) is 21.8. The van der Waals surface area contributed by atoms with Crippen LogP contribution in [0.3, 0.4) is 0 Å². The molecule has 1 heterocycles. The third kappa shape index (κ3) is 4.83. The lowest BCUT2D eigenvalue weighted by atomic mass is 10.2. The summed E-state index contributed by atoms with van der Waals surface area (Å²) in [6, 6.07) is 11.7. The van der Waals surface area contributed by atoms with Gasteiger partial charge >= 0.3 is 0 Å². The highest BCUT2D eigenvalue weighted by atomic mass is 79.9. The zero-order valence-corrected chi connectivity index (χ0v) is 19.0. The number of nitrogens with zero attached hydrogens (tertiary/aromatic N) is 3. The van der Waals surface area contributed by atoms with Gasteiger partial charge in [-0.3, -0.25) is 14.5 Å². The van der Waals surface area contributed by atoms with Gasteiger partial charge in [-0.1, -0.05) is 28.1 Å². The molecule has 30 heavy (non-hydrogen) atoms. The Bertz CT molecular complexity index is 1130. The number of rotatable bonds is 5. The fourth-order valence-corrected chi connectivity index (χ4v) is 4.20. The Kier molecular flexibility index (Phi) is 6.79. The molecule has 0 atom stereocenters. The molecule has 8 heteroatoms. The summed E-state index contributed by atoms with van der Waals surface area (Å²) in [5, 5.41) is 2.04. The van der Waals surface area contributed by atoms with Crippen LogP contribution in [0.1, 0.15) is 18.2 Å². The molecule has 3 aromatic rings. The number of aromatic nitrogens is 1. The number of para-hydroxylation sites is 1. The summed E-state index contributed by atoms with van der Waals surface area (Å²) >= 11 is 4.61. The van der Waals surface area contributed by atoms with Crippen molar-refractivity contribution in [2.45, 2.75) is 13.8 Å². The Morgan fingerprint density at radius 1 is 1.17 bits per heavy atom. The van der Waals surface area contributed by atoms with Crippen molar-refractivity contribution in [3.05, 3.63) is 75.5 Å². The molecule has 0 aliphatic carbocycles. The summed E-state index contributed by atoms with van der Waals surface area (Å²) in [7, 11) is 1.70. The Balaban J connectivity index is 1.80. The summed E-state index contributed by atoms with van der Waals surface area (Å²) in [6.07, 6.45) is 2.99. The minimum atomic E-state index is -0.512. The highest BCUT2D eigenvalue weighted by Crippen LogP contribution is 2.31. The number of halogens is 2. The van der Waals surface area contributed by atoms with E-state index in [1.165, 1.54) is 41.4 Å². The molecule has 0 N–H and O–H groups in total. The smallest absolute Gasteiger partial charge is 0.250 e. The summed E-state index contributed by atoms with van der Waals surface area (Å²) in [5.41, 5.74) is 2.41. The minimum absolute atomic E-state index is 0.136. The first kappa shape index (κ1) is 21.9. The molecule has 0 saturated heterocycles. The lowest BCUT2D eigenvalue weighted by Gasteiger charge is -2.18. The summed E-state index contributed by atoms with van der Waals surface area (Å²) < 4.78 is 15.1. The second-order valence-corrected chi connectivity index (χ2v) is 8.27. The van der Waals surface area contributed by atoms with Gasteiger partial charge in [-0.2, -0.15) is 0 Å². The van der Waals surface area contributed by atoms with E-state index < -0.39 is 5.82 Å². The van der Waals surface area contributed by atoms with Gasteiger partial charge in [0, 0.05) is 35.6 Å². The maximum absolute atomic E-state index is 14.2. The molecule has 0 radical (unpaired) electrons. The topological polar surface area (TPSA) is 53.5 Å². The van der Waals surface area contributed by atoms with Crippen LogP contribution in [0.2, 0.25) is 0 Å². The van der Waals surface area contributed by atoms with Crippen LogP contribution in [-0.4, -0.2) is 23.8 Å². The number of hydrogen-bond acceptors (Lipinski definition) is 4. The molecule has 2 aromatic carbocycles. The van der Waals surface area contributed by atoms with E-state index in [2.05, 4.69) is 20.9 Å². The van der Waals surface area contributed by atoms with E-state index in [0.717, 1.165) is 15.7 Å². The van der Waals surface area contributed by atoms with Crippen molar-refractivity contribution < 1.29 is 14.0 Å². The van der Waals surface area contributed by atoms with Crippen molar-refractivity contribution in [3.8, 4) is 0 Å². The number of amides is 2. The lowest BCUT2D eigenvalue weighted by molar-refractivity contribution is -0.116. The average Bonchev–Trinajstić information content (AvgIpc) is 3.15. The van der Waals surface area contributed by atoms with E-state index in [9.17, 15) is 14.0 Å². The summed E-state index contributed by atoms with van der Waals surface area (Å²) in [6.45, 7) is 3.28. The molecular weight excluding hydrogens is 469 g/mol. The molecule has 0 saturated carbocycles. The third-order valence-corrected chi connectivity index (χ3v) is 5.69. The number of thiazole rings is 1. The molecule has 0 fully saturated rings. The summed E-state index contributed by atoms with van der Waals surface area (Å²) in [5.74, 6) is -1.08. The predicted molar refractivity (Wildman–Crippen MR) is 123 cm³/mol. The first-order chi connectivity index (χ1) is 14.3. The molecule has 154 valence electrons. The van der Waals surface area contributed by atoms with Gasteiger partial charge in [0.2, 0.25) is 5.91 Å². The maximum Gasteiger partial charge on any atom is 0.250 e. The zero-order valence-electron chi connectivity index (χ0n) is 16.6. The first-order valence-corrected chi connectivity index (χ1v) is 10.7. The van der Waals surface area contributed by atoms with Gasteiger partial charge in [-0.25, -0.2) is 9.37 Å². The van der Waals surface area contributed by atoms with Gasteiger partial charge in [0.15, 0.2) is 5.13 Å². The number of hydrogen-bond donors (Lipinski definition) is 0. The van der Waals surface area contributed by atoms with Gasteiger partial charge in [-0.05, 0) is 48.9 Å². The largest absolute Gasteiger partial charge is 0.312 e. The van der Waals surface area contributed by atoms with Crippen molar-refractivity contribution in [3.63, 3.8) is 0 Å². The van der Waals surface area contributed by atoms with Crippen molar-refractivity contribution in [1.29, 1.82) is 0 Å². The number of carbonyl (C=O) groups excluding carboxylic acids is 2. The van der Waals surface area contributed by atoms with Crippen LogP contribution in [0.4, 0.5) is 20.9 Å². The van der Waals surface area contributed by atoms with Gasteiger partial charge in [0.25, 0.3) is 5.91 Å². The Labute approximate surface area is 186 Å². The third-order valence-electron chi connectivity index (χ3n) is 4.36. The second kappa shape index (κ2) is 9.32. The molecule has 0 unspecified atom stereocenters. The maximum atomic E-state index is 14.2. The molecular formula is C22H19BrFN3O2S. The number of likely N-dealkylation sites (N-methyl/N-ethyl adjacent to an activating group) is 1. The highest BCUT2D eigenvalue weighted by Gasteiger charge is 2.20. The van der Waals surface area contributed by atoms with E-state index in [1.807, 2.05) is 25.1 Å². The van der Waals surface area contributed by atoms with Crippen LogP contribution in [-0.2, 0) is 9.59 Å². The molecule has 0 aliphatic heterocycles. The Hall–Kier alpha value is -2.84. The molecule has 0 spiro atoms. The number of benzene rings is 2. The van der Waals surface area contributed by atoms with E-state index in [1.54, 1.807) is 35.5 Å². The van der Waals surface area contributed by atoms with Crippen molar-refractivity contribution >= 4 is 61.7 Å². The second-order valence-electron chi connectivity index (χ2n) is 6.52. The lowest BCUT2D eigenvalue weighted by Crippen LogP contribution is -2.24. The number of carbonyl (C=O) groups is 2. The fourth-order valence-electron chi connectivity index (χ4n) is 2.88. The number of aryl methyl sites for hydroxylation is 1. The molecule has 0 bridgehead atoms. The molecule has 3 rings (SSSR count). The Morgan fingerprint density at radius 2 is 1.90 bits per heavy atom. The van der Waals surface area contributed by atoms with Crippen molar-refractivity contribution in [1.82, 2.24) is 4.98 Å². The van der Waals surface area contributed by atoms with Gasteiger partial charge in [-0.15, -0.1) is 11.3 Å². The van der Waals surface area contributed by atoms with Crippen LogP contribution in [0, 0.1) is 12.7 Å². The van der Waals surface area contributed by atoms with Crippen LogP contribution < -0.4 is 9.80 Å². The average molecular weight is 488 g/mol. The monoisotopic (exact) mass is 487 g/mol. The minimum Gasteiger partial charge on any atom is -0.312 e. The van der Waals surface area contributed by atoms with Gasteiger partial charge in [0.1, 0.15) is 5.82 Å². The van der Waals surface area contributed by atoms with Gasteiger partial charge < -0.3 is 4.90 Å². The normalized spacial score (nSPS) is 11.0.